The van der Waals surface area contributed by atoms with Gasteiger partial charge in [-0.05, 0) is 24.7 Å². The fourth-order valence-corrected chi connectivity index (χ4v) is 2.33. The molecule has 21 heavy (non-hydrogen) atoms. The molecule has 0 bridgehead atoms. The average Bonchev–Trinajstić information content (AvgIpc) is 2.54. The Bertz CT molecular complexity index is 472. The van der Waals surface area contributed by atoms with Gasteiger partial charge in [-0.2, -0.15) is 5.10 Å². The van der Waals surface area contributed by atoms with Crippen molar-refractivity contribution in [3.8, 4) is 0 Å². The van der Waals surface area contributed by atoms with Crippen molar-refractivity contribution in [2.75, 3.05) is 39.4 Å². The lowest BCUT2D eigenvalue weighted by Crippen LogP contribution is -3.14. The molecule has 5 nitrogen and oxygen atoms in total. The quantitative estimate of drug-likeness (QED) is 0.400. The van der Waals surface area contributed by atoms with Gasteiger partial charge in [-0.1, -0.05) is 30.3 Å². The van der Waals surface area contributed by atoms with E-state index < -0.39 is 0 Å². The molecule has 114 valence electrons. The van der Waals surface area contributed by atoms with Crippen LogP contribution >= 0.6 is 12.2 Å². The van der Waals surface area contributed by atoms with E-state index in [0.29, 0.717) is 5.11 Å². The second-order valence-corrected chi connectivity index (χ2v) is 5.45. The van der Waals surface area contributed by atoms with E-state index in [1.807, 2.05) is 37.3 Å². The van der Waals surface area contributed by atoms with Crippen LogP contribution in [0.15, 0.2) is 35.4 Å². The number of hydrazone groups is 1. The lowest BCUT2D eigenvalue weighted by atomic mass is 10.1. The number of hydrogen-bond acceptors (Lipinski definition) is 3. The highest BCUT2D eigenvalue weighted by atomic mass is 32.1. The summed E-state index contributed by atoms with van der Waals surface area (Å²) in [7, 11) is 0. The highest BCUT2D eigenvalue weighted by molar-refractivity contribution is 7.80. The van der Waals surface area contributed by atoms with E-state index in [1.54, 1.807) is 4.90 Å². The molecule has 1 aromatic carbocycles. The molecule has 0 aromatic heterocycles. The molecule has 0 unspecified atom stereocenters. The summed E-state index contributed by atoms with van der Waals surface area (Å²) in [5.74, 6) is 0. The first-order valence-corrected chi connectivity index (χ1v) is 7.71. The fourth-order valence-electron chi connectivity index (χ4n) is 2.18. The van der Waals surface area contributed by atoms with Gasteiger partial charge in [0.1, 0.15) is 13.1 Å². The van der Waals surface area contributed by atoms with Gasteiger partial charge < -0.3 is 15.0 Å². The minimum Gasteiger partial charge on any atom is -0.370 e. The standard InChI is InChI=1S/C15H22N4OS/c1-13(14-5-3-2-4-6-14)17-18-15(21)16-7-8-19-9-11-20-12-10-19/h2-6H,7-12H2,1H3,(H2,16,18,21)/p+1/b17-13-. The van der Waals surface area contributed by atoms with Gasteiger partial charge in [0.2, 0.25) is 0 Å². The Kier molecular flexibility index (Phi) is 6.59. The average molecular weight is 307 g/mol. The summed E-state index contributed by atoms with van der Waals surface area (Å²) in [4.78, 5) is 1.56. The third-order valence-electron chi connectivity index (χ3n) is 3.48. The number of rotatable bonds is 5. The second kappa shape index (κ2) is 8.71. The predicted molar refractivity (Wildman–Crippen MR) is 88.8 cm³/mol. The lowest BCUT2D eigenvalue weighted by Gasteiger charge is -2.23. The third-order valence-corrected chi connectivity index (χ3v) is 3.72. The first-order valence-electron chi connectivity index (χ1n) is 7.30. The van der Waals surface area contributed by atoms with Gasteiger partial charge >= 0.3 is 0 Å². The molecule has 0 aliphatic carbocycles. The molecular formula is C15H23N4OS+. The van der Waals surface area contributed by atoms with Crippen LogP contribution in [0.3, 0.4) is 0 Å². The van der Waals surface area contributed by atoms with Gasteiger partial charge in [0, 0.05) is 0 Å². The van der Waals surface area contributed by atoms with Gasteiger partial charge in [0.15, 0.2) is 5.11 Å². The molecule has 0 radical (unpaired) electrons. The molecular weight excluding hydrogens is 284 g/mol. The Balaban J connectivity index is 1.67. The Morgan fingerprint density at radius 3 is 2.71 bits per heavy atom. The lowest BCUT2D eigenvalue weighted by molar-refractivity contribution is -0.906. The number of nitrogens with zero attached hydrogens (tertiary/aromatic N) is 1. The molecule has 0 amide bonds. The summed E-state index contributed by atoms with van der Waals surface area (Å²) in [5, 5.41) is 8.05. The van der Waals surface area contributed by atoms with Crippen LogP contribution in [-0.2, 0) is 4.74 Å². The van der Waals surface area contributed by atoms with Crippen LogP contribution in [0.2, 0.25) is 0 Å². The van der Waals surface area contributed by atoms with E-state index in [1.165, 1.54) is 0 Å². The van der Waals surface area contributed by atoms with E-state index in [2.05, 4.69) is 15.8 Å². The van der Waals surface area contributed by atoms with Crippen molar-refractivity contribution in [3.05, 3.63) is 35.9 Å². The number of nitrogens with one attached hydrogen (secondary N) is 3. The van der Waals surface area contributed by atoms with Gasteiger partial charge in [-0.25, -0.2) is 0 Å². The molecule has 1 heterocycles. The van der Waals surface area contributed by atoms with E-state index in [0.717, 1.165) is 50.7 Å². The molecule has 1 aliphatic rings. The summed E-state index contributed by atoms with van der Waals surface area (Å²) in [6.45, 7) is 7.73. The Morgan fingerprint density at radius 1 is 1.29 bits per heavy atom. The first-order chi connectivity index (χ1) is 10.3. The van der Waals surface area contributed by atoms with Crippen LogP contribution in [0.4, 0.5) is 0 Å². The molecule has 1 aromatic rings. The normalized spacial score (nSPS) is 16.5. The number of morpholine rings is 1. The van der Waals surface area contributed by atoms with E-state index in [9.17, 15) is 0 Å². The fraction of sp³-hybridized carbons (Fsp3) is 0.467. The maximum Gasteiger partial charge on any atom is 0.187 e. The third kappa shape index (κ3) is 5.79. The molecule has 2 rings (SSSR count). The summed E-state index contributed by atoms with van der Waals surface area (Å²) in [6.07, 6.45) is 0. The van der Waals surface area contributed by atoms with Crippen LogP contribution in [0.25, 0.3) is 0 Å². The van der Waals surface area contributed by atoms with Crippen molar-refractivity contribution in [2.45, 2.75) is 6.92 Å². The Hall–Kier alpha value is -1.50. The second-order valence-electron chi connectivity index (χ2n) is 5.04. The summed E-state index contributed by atoms with van der Waals surface area (Å²) in [5.41, 5.74) is 4.90. The van der Waals surface area contributed by atoms with Gasteiger partial charge in [0.05, 0.1) is 32.0 Å². The molecule has 1 saturated heterocycles. The van der Waals surface area contributed by atoms with E-state index in [-0.39, 0.29) is 0 Å². The number of quaternary nitrogens is 1. The molecule has 1 fully saturated rings. The van der Waals surface area contributed by atoms with Crippen molar-refractivity contribution in [3.63, 3.8) is 0 Å². The predicted octanol–water partition coefficient (Wildman–Crippen LogP) is -0.210. The van der Waals surface area contributed by atoms with Gasteiger partial charge in [0.25, 0.3) is 0 Å². The van der Waals surface area contributed by atoms with Crippen molar-refractivity contribution in [1.82, 2.24) is 10.7 Å². The summed E-state index contributed by atoms with van der Waals surface area (Å²) in [6, 6.07) is 10.0. The highest BCUT2D eigenvalue weighted by Gasteiger charge is 2.12. The van der Waals surface area contributed by atoms with E-state index in [4.69, 9.17) is 17.0 Å². The van der Waals surface area contributed by atoms with Crippen LogP contribution in [0.1, 0.15) is 12.5 Å². The largest absolute Gasteiger partial charge is 0.370 e. The zero-order chi connectivity index (χ0) is 14.9. The molecule has 0 spiro atoms. The van der Waals surface area contributed by atoms with Crippen molar-refractivity contribution < 1.29 is 9.64 Å². The zero-order valence-corrected chi connectivity index (χ0v) is 13.2. The molecule has 0 saturated carbocycles. The Labute approximate surface area is 131 Å². The maximum atomic E-state index is 5.34. The SMILES string of the molecule is C/C(=N/NC(=S)NCC[NH+]1CCOCC1)c1ccccc1. The number of thiocarbonyl (C=S) groups is 1. The minimum atomic E-state index is 0.568. The zero-order valence-electron chi connectivity index (χ0n) is 12.4. The topological polar surface area (TPSA) is 50.1 Å². The first kappa shape index (κ1) is 15.9. The molecule has 3 N–H and O–H groups in total. The molecule has 6 heteroatoms. The molecule has 0 atom stereocenters. The monoisotopic (exact) mass is 307 g/mol. The number of hydrogen-bond donors (Lipinski definition) is 3. The van der Waals surface area contributed by atoms with Crippen LogP contribution in [0.5, 0.6) is 0 Å². The smallest absolute Gasteiger partial charge is 0.187 e. The van der Waals surface area contributed by atoms with Crippen LogP contribution in [0, 0.1) is 0 Å². The van der Waals surface area contributed by atoms with E-state index >= 15 is 0 Å². The van der Waals surface area contributed by atoms with Gasteiger partial charge in [-0.15, -0.1) is 0 Å². The van der Waals surface area contributed by atoms with Crippen LogP contribution < -0.4 is 15.6 Å². The molecule has 1 aliphatic heterocycles. The van der Waals surface area contributed by atoms with Gasteiger partial charge in [-0.3, -0.25) is 5.43 Å². The number of ether oxygens (including phenoxy) is 1. The number of benzene rings is 1. The van der Waals surface area contributed by atoms with Crippen molar-refractivity contribution in [1.29, 1.82) is 0 Å². The van der Waals surface area contributed by atoms with Crippen LogP contribution in [-0.4, -0.2) is 50.2 Å². The summed E-state index contributed by atoms with van der Waals surface area (Å²) < 4.78 is 5.34. The minimum absolute atomic E-state index is 0.568. The maximum absolute atomic E-state index is 5.34. The highest BCUT2D eigenvalue weighted by Crippen LogP contribution is 1.99. The van der Waals surface area contributed by atoms with Crippen molar-refractivity contribution >= 4 is 23.0 Å². The van der Waals surface area contributed by atoms with Crippen molar-refractivity contribution in [2.24, 2.45) is 5.10 Å². The summed E-state index contributed by atoms with van der Waals surface area (Å²) >= 11 is 5.23. The Morgan fingerprint density at radius 2 is 2.00 bits per heavy atom.